The molecule has 2 aromatic rings. The molecule has 3 rings (SSSR count). The van der Waals surface area contributed by atoms with Gasteiger partial charge in [0.05, 0.1) is 5.25 Å². The van der Waals surface area contributed by atoms with Crippen molar-refractivity contribution in [3.63, 3.8) is 0 Å². The van der Waals surface area contributed by atoms with Crippen LogP contribution in [0.2, 0.25) is 0 Å². The predicted molar refractivity (Wildman–Crippen MR) is 120 cm³/mol. The van der Waals surface area contributed by atoms with Crippen molar-refractivity contribution in [3.05, 3.63) is 35.4 Å². The van der Waals surface area contributed by atoms with Gasteiger partial charge < -0.3 is 4.90 Å². The minimum absolute atomic E-state index is 0.109. The van der Waals surface area contributed by atoms with Crippen molar-refractivity contribution in [2.45, 2.75) is 66.1 Å². The van der Waals surface area contributed by atoms with Crippen molar-refractivity contribution in [1.29, 1.82) is 0 Å². The van der Waals surface area contributed by atoms with Gasteiger partial charge in [0, 0.05) is 18.8 Å². The zero-order valence-corrected chi connectivity index (χ0v) is 19.5. The van der Waals surface area contributed by atoms with Gasteiger partial charge in [0.15, 0.2) is 8.68 Å². The molecule has 1 atom stereocenters. The molecule has 0 bridgehead atoms. The quantitative estimate of drug-likeness (QED) is 0.523. The summed E-state index contributed by atoms with van der Waals surface area (Å²) in [5, 5.41) is 8.47. The number of hydrogen-bond acceptors (Lipinski definition) is 6. The molecule has 1 amide bonds. The summed E-state index contributed by atoms with van der Waals surface area (Å²) in [5.74, 6) is 2.41. The van der Waals surface area contributed by atoms with Crippen LogP contribution in [0.15, 0.2) is 32.9 Å². The standard InChI is InChI=1S/C21H29N3OS3/c1-14(2)18-7-5-17(6-8-18)13-26-20-22-23-21(28-20)27-16(4)19(25)24-11-9-15(3)10-12-24/h5-8,14-16H,9-13H2,1-4H3. The second-order valence-electron chi connectivity index (χ2n) is 7.79. The first kappa shape index (κ1) is 21.7. The van der Waals surface area contributed by atoms with Gasteiger partial charge in [-0.2, -0.15) is 0 Å². The molecule has 1 aliphatic rings. The van der Waals surface area contributed by atoms with E-state index in [4.69, 9.17) is 0 Å². The van der Waals surface area contributed by atoms with Gasteiger partial charge in [0.1, 0.15) is 0 Å². The van der Waals surface area contributed by atoms with E-state index < -0.39 is 0 Å². The lowest BCUT2D eigenvalue weighted by atomic mass is 9.99. The Balaban J connectivity index is 1.48. The summed E-state index contributed by atoms with van der Waals surface area (Å²) < 4.78 is 1.84. The lowest BCUT2D eigenvalue weighted by Gasteiger charge is -2.31. The predicted octanol–water partition coefficient (Wildman–Crippen LogP) is 5.69. The van der Waals surface area contributed by atoms with Gasteiger partial charge in [-0.05, 0) is 42.7 Å². The molecule has 1 aromatic carbocycles. The maximum Gasteiger partial charge on any atom is 0.235 e. The Morgan fingerprint density at radius 2 is 1.79 bits per heavy atom. The zero-order chi connectivity index (χ0) is 20.1. The number of carbonyl (C=O) groups excluding carboxylic acids is 1. The van der Waals surface area contributed by atoms with Gasteiger partial charge in [-0.15, -0.1) is 10.2 Å². The fourth-order valence-electron chi connectivity index (χ4n) is 3.13. The van der Waals surface area contributed by atoms with Crippen LogP contribution >= 0.6 is 34.9 Å². The number of hydrogen-bond donors (Lipinski definition) is 0. The first-order chi connectivity index (χ1) is 13.4. The van der Waals surface area contributed by atoms with Crippen LogP contribution in [-0.4, -0.2) is 39.3 Å². The summed E-state index contributed by atoms with van der Waals surface area (Å²) in [6, 6.07) is 8.80. The molecule has 7 heteroatoms. The van der Waals surface area contributed by atoms with Gasteiger partial charge in [-0.25, -0.2) is 0 Å². The number of benzene rings is 1. The van der Waals surface area contributed by atoms with Gasteiger partial charge in [0.25, 0.3) is 0 Å². The molecule has 0 spiro atoms. The number of carbonyl (C=O) groups is 1. The minimum Gasteiger partial charge on any atom is -0.342 e. The highest BCUT2D eigenvalue weighted by atomic mass is 32.2. The van der Waals surface area contributed by atoms with Crippen molar-refractivity contribution in [3.8, 4) is 0 Å². The van der Waals surface area contributed by atoms with Crippen molar-refractivity contribution < 1.29 is 4.79 Å². The third kappa shape index (κ3) is 5.97. The molecule has 1 unspecified atom stereocenters. The molecule has 152 valence electrons. The maximum absolute atomic E-state index is 12.7. The molecule has 4 nitrogen and oxygen atoms in total. The van der Waals surface area contributed by atoms with E-state index in [0.29, 0.717) is 5.92 Å². The number of thioether (sulfide) groups is 2. The second kappa shape index (κ2) is 10.1. The van der Waals surface area contributed by atoms with Crippen LogP contribution in [-0.2, 0) is 10.5 Å². The van der Waals surface area contributed by atoms with Crippen LogP contribution in [0.4, 0.5) is 0 Å². The molecule has 1 fully saturated rings. The summed E-state index contributed by atoms with van der Waals surface area (Å²) >= 11 is 4.83. The van der Waals surface area contributed by atoms with Crippen LogP contribution in [0, 0.1) is 5.92 Å². The van der Waals surface area contributed by atoms with Gasteiger partial charge >= 0.3 is 0 Å². The molecule has 2 heterocycles. The molecule has 1 aliphatic heterocycles. The minimum atomic E-state index is -0.109. The van der Waals surface area contributed by atoms with E-state index in [9.17, 15) is 4.79 Å². The summed E-state index contributed by atoms with van der Waals surface area (Å²) in [4.78, 5) is 14.7. The number of nitrogens with zero attached hydrogens (tertiary/aromatic N) is 3. The summed E-state index contributed by atoms with van der Waals surface area (Å²) in [7, 11) is 0. The molecule has 28 heavy (non-hydrogen) atoms. The molecular formula is C21H29N3OS3. The summed E-state index contributed by atoms with van der Waals surface area (Å²) in [6.07, 6.45) is 2.22. The Morgan fingerprint density at radius 3 is 2.43 bits per heavy atom. The maximum atomic E-state index is 12.7. The zero-order valence-electron chi connectivity index (χ0n) is 17.1. The SMILES string of the molecule is CC1CCN(C(=O)C(C)Sc2nnc(SCc3ccc(C(C)C)cc3)s2)CC1. The Morgan fingerprint density at radius 1 is 1.14 bits per heavy atom. The lowest BCUT2D eigenvalue weighted by Crippen LogP contribution is -2.41. The molecular weight excluding hydrogens is 406 g/mol. The van der Waals surface area contributed by atoms with Gasteiger partial charge in [0.2, 0.25) is 5.91 Å². The van der Waals surface area contributed by atoms with Crippen molar-refractivity contribution in [1.82, 2.24) is 15.1 Å². The Hall–Kier alpha value is -1.05. The normalized spacial score (nSPS) is 16.5. The fraction of sp³-hybridized carbons (Fsp3) is 0.571. The molecule has 0 N–H and O–H groups in total. The summed E-state index contributed by atoms with van der Waals surface area (Å²) in [6.45, 7) is 10.4. The fourth-order valence-corrected chi connectivity index (χ4v) is 6.34. The number of likely N-dealkylation sites (tertiary alicyclic amines) is 1. The average molecular weight is 436 g/mol. The molecule has 1 saturated heterocycles. The van der Waals surface area contributed by atoms with Crippen LogP contribution < -0.4 is 0 Å². The van der Waals surface area contributed by atoms with Crippen molar-refractivity contribution in [2.24, 2.45) is 5.92 Å². The van der Waals surface area contributed by atoms with E-state index in [1.165, 1.54) is 22.9 Å². The number of amides is 1. The van der Waals surface area contributed by atoms with E-state index in [0.717, 1.165) is 46.3 Å². The summed E-state index contributed by atoms with van der Waals surface area (Å²) in [5.41, 5.74) is 2.66. The van der Waals surface area contributed by atoms with E-state index in [1.54, 1.807) is 23.1 Å². The van der Waals surface area contributed by atoms with Crippen LogP contribution in [0.1, 0.15) is 57.6 Å². The van der Waals surface area contributed by atoms with Gasteiger partial charge in [-0.3, -0.25) is 4.79 Å². The monoisotopic (exact) mass is 435 g/mol. The molecule has 0 aliphatic carbocycles. The Labute approximate surface area is 180 Å². The highest BCUT2D eigenvalue weighted by Gasteiger charge is 2.26. The van der Waals surface area contributed by atoms with E-state index in [1.807, 2.05) is 11.8 Å². The molecule has 0 saturated carbocycles. The molecule has 0 radical (unpaired) electrons. The third-order valence-electron chi connectivity index (χ3n) is 5.12. The van der Waals surface area contributed by atoms with Gasteiger partial charge in [-0.1, -0.05) is 79.9 Å². The highest BCUT2D eigenvalue weighted by Crippen LogP contribution is 2.33. The van der Waals surface area contributed by atoms with Crippen LogP contribution in [0.3, 0.4) is 0 Å². The highest BCUT2D eigenvalue weighted by molar-refractivity contribution is 8.03. The topological polar surface area (TPSA) is 46.1 Å². The van der Waals surface area contributed by atoms with E-state index in [-0.39, 0.29) is 11.2 Å². The Bertz CT molecular complexity index is 767. The first-order valence-electron chi connectivity index (χ1n) is 9.93. The second-order valence-corrected chi connectivity index (χ2v) is 11.6. The third-order valence-corrected chi connectivity index (χ3v) is 8.42. The van der Waals surface area contributed by atoms with Crippen molar-refractivity contribution >= 4 is 40.8 Å². The number of piperidine rings is 1. The molecule has 1 aromatic heterocycles. The van der Waals surface area contributed by atoms with E-state index >= 15 is 0 Å². The Kier molecular flexibility index (Phi) is 7.83. The average Bonchev–Trinajstić information content (AvgIpc) is 3.14. The lowest BCUT2D eigenvalue weighted by molar-refractivity contribution is -0.131. The number of aromatic nitrogens is 2. The number of rotatable bonds is 7. The first-order valence-corrected chi connectivity index (χ1v) is 12.6. The van der Waals surface area contributed by atoms with Crippen LogP contribution in [0.5, 0.6) is 0 Å². The van der Waals surface area contributed by atoms with Crippen LogP contribution in [0.25, 0.3) is 0 Å². The van der Waals surface area contributed by atoms with E-state index in [2.05, 4.69) is 55.2 Å². The smallest absolute Gasteiger partial charge is 0.235 e. The van der Waals surface area contributed by atoms with Crippen molar-refractivity contribution in [2.75, 3.05) is 13.1 Å². The largest absolute Gasteiger partial charge is 0.342 e.